The third-order valence-corrected chi connectivity index (χ3v) is 2.58. The number of pyridine rings is 1. The van der Waals surface area contributed by atoms with Crippen LogP contribution in [0.25, 0.3) is 0 Å². The number of hydrogen-bond acceptors (Lipinski definition) is 3. The zero-order valence-corrected chi connectivity index (χ0v) is 10.6. The molecule has 0 aliphatic carbocycles. The number of aromatic nitrogens is 1. The van der Waals surface area contributed by atoms with Gasteiger partial charge in [0.2, 0.25) is 5.88 Å². The van der Waals surface area contributed by atoms with E-state index in [1.807, 2.05) is 19.1 Å². The van der Waals surface area contributed by atoms with Crippen molar-refractivity contribution >= 4 is 28.9 Å². The summed E-state index contributed by atoms with van der Waals surface area (Å²) in [6.45, 7) is 1.95. The second-order valence-corrected chi connectivity index (χ2v) is 4.39. The molecule has 2 aromatic rings. The molecule has 0 bridgehead atoms. The number of aryl methyl sites for hydroxylation is 1. The second-order valence-electron chi connectivity index (χ2n) is 3.60. The Labute approximate surface area is 109 Å². The minimum Gasteiger partial charge on any atom is -0.437 e. The Balaban J connectivity index is 2.31. The first-order chi connectivity index (χ1) is 8.04. The summed E-state index contributed by atoms with van der Waals surface area (Å²) in [7, 11) is 0. The van der Waals surface area contributed by atoms with E-state index in [-0.39, 0.29) is 5.15 Å². The molecule has 17 heavy (non-hydrogen) atoms. The number of ether oxygens (including phenoxy) is 1. The molecule has 0 unspecified atom stereocenters. The summed E-state index contributed by atoms with van der Waals surface area (Å²) in [4.78, 5) is 4.00. The number of benzene rings is 1. The summed E-state index contributed by atoms with van der Waals surface area (Å²) >= 11 is 11.8. The van der Waals surface area contributed by atoms with Gasteiger partial charge in [-0.3, -0.25) is 0 Å². The Kier molecular flexibility index (Phi) is 3.41. The fourth-order valence-electron chi connectivity index (χ4n) is 1.35. The number of hydrogen-bond donors (Lipinski definition) is 1. The monoisotopic (exact) mass is 268 g/mol. The lowest BCUT2D eigenvalue weighted by molar-refractivity contribution is 0.463. The van der Waals surface area contributed by atoms with Crippen LogP contribution in [0.15, 0.2) is 30.3 Å². The minimum absolute atomic E-state index is 0.281. The normalized spacial score (nSPS) is 10.3. The van der Waals surface area contributed by atoms with E-state index in [0.717, 1.165) is 5.56 Å². The molecule has 0 aliphatic heterocycles. The van der Waals surface area contributed by atoms with Gasteiger partial charge in [-0.15, -0.1) is 0 Å². The van der Waals surface area contributed by atoms with Crippen molar-refractivity contribution in [2.75, 3.05) is 5.73 Å². The average molecular weight is 269 g/mol. The summed E-state index contributed by atoms with van der Waals surface area (Å²) < 4.78 is 5.52. The van der Waals surface area contributed by atoms with Gasteiger partial charge in [-0.1, -0.05) is 29.3 Å². The maximum absolute atomic E-state index is 6.04. The molecule has 0 saturated carbocycles. The van der Waals surface area contributed by atoms with E-state index in [1.54, 1.807) is 18.2 Å². The van der Waals surface area contributed by atoms with Gasteiger partial charge in [0.1, 0.15) is 10.9 Å². The van der Waals surface area contributed by atoms with Crippen LogP contribution < -0.4 is 10.5 Å². The molecule has 0 radical (unpaired) electrons. The Hall–Kier alpha value is -1.45. The molecular weight excluding hydrogens is 259 g/mol. The van der Waals surface area contributed by atoms with E-state index >= 15 is 0 Å². The van der Waals surface area contributed by atoms with E-state index in [0.29, 0.717) is 22.3 Å². The van der Waals surface area contributed by atoms with Gasteiger partial charge in [-0.25, -0.2) is 4.98 Å². The molecule has 0 atom stereocenters. The largest absolute Gasteiger partial charge is 0.437 e. The third-order valence-electron chi connectivity index (χ3n) is 2.09. The summed E-state index contributed by atoms with van der Waals surface area (Å²) in [5.74, 6) is 0.840. The molecule has 0 aliphatic rings. The molecular formula is C12H10Cl2N2O. The van der Waals surface area contributed by atoms with Gasteiger partial charge in [-0.2, -0.15) is 0 Å². The molecule has 2 N–H and O–H groups in total. The average Bonchev–Trinajstić information content (AvgIpc) is 2.21. The maximum Gasteiger partial charge on any atom is 0.222 e. The molecule has 1 aromatic carbocycles. The third kappa shape index (κ3) is 3.02. The van der Waals surface area contributed by atoms with E-state index < -0.39 is 0 Å². The van der Waals surface area contributed by atoms with Crippen molar-refractivity contribution in [2.45, 2.75) is 6.92 Å². The molecule has 2 rings (SSSR count). The summed E-state index contributed by atoms with van der Waals surface area (Å²) in [6, 6.07) is 8.61. The van der Waals surface area contributed by atoms with E-state index in [4.69, 9.17) is 33.7 Å². The molecule has 0 fully saturated rings. The molecule has 88 valence electrons. The van der Waals surface area contributed by atoms with Crippen LogP contribution in [0.4, 0.5) is 5.69 Å². The summed E-state index contributed by atoms with van der Waals surface area (Å²) in [5.41, 5.74) is 7.18. The highest BCUT2D eigenvalue weighted by atomic mass is 35.5. The summed E-state index contributed by atoms with van der Waals surface area (Å²) in [6.07, 6.45) is 0. The van der Waals surface area contributed by atoms with Crippen molar-refractivity contribution in [2.24, 2.45) is 0 Å². The lowest BCUT2D eigenvalue weighted by Crippen LogP contribution is -1.92. The predicted octanol–water partition coefficient (Wildman–Crippen LogP) is 4.07. The Morgan fingerprint density at radius 1 is 1.18 bits per heavy atom. The summed E-state index contributed by atoms with van der Waals surface area (Å²) in [5, 5.41) is 0.800. The first-order valence-corrected chi connectivity index (χ1v) is 5.67. The quantitative estimate of drug-likeness (QED) is 0.836. The number of nitrogen functional groups attached to an aromatic ring is 1. The zero-order chi connectivity index (χ0) is 12.4. The Morgan fingerprint density at radius 2 is 1.94 bits per heavy atom. The second kappa shape index (κ2) is 4.82. The van der Waals surface area contributed by atoms with E-state index in [9.17, 15) is 0 Å². The molecule has 0 spiro atoms. The van der Waals surface area contributed by atoms with Gasteiger partial charge in [0.15, 0.2) is 0 Å². The molecule has 1 heterocycles. The van der Waals surface area contributed by atoms with Crippen LogP contribution in [-0.2, 0) is 0 Å². The van der Waals surface area contributed by atoms with Crippen molar-refractivity contribution in [3.8, 4) is 11.6 Å². The molecule has 1 aromatic heterocycles. The zero-order valence-electron chi connectivity index (χ0n) is 9.08. The number of anilines is 1. The number of rotatable bonds is 2. The molecule has 5 heteroatoms. The van der Waals surface area contributed by atoms with Crippen LogP contribution in [0.3, 0.4) is 0 Å². The van der Waals surface area contributed by atoms with Gasteiger partial charge < -0.3 is 10.5 Å². The number of nitrogens with zero attached hydrogens (tertiary/aromatic N) is 1. The standard InChI is InChI=1S/C12H10Cl2N2O/c1-7-2-3-10(9(13)4-7)17-12-6-8(15)5-11(14)16-12/h2-6H,1H3,(H2,15,16). The molecule has 3 nitrogen and oxygen atoms in total. The predicted molar refractivity (Wildman–Crippen MR) is 69.9 cm³/mol. The lowest BCUT2D eigenvalue weighted by Gasteiger charge is -2.08. The van der Waals surface area contributed by atoms with E-state index in [2.05, 4.69) is 4.98 Å². The number of halogens is 2. The van der Waals surface area contributed by atoms with Crippen LogP contribution in [0.1, 0.15) is 5.56 Å². The van der Waals surface area contributed by atoms with Crippen LogP contribution in [0, 0.1) is 6.92 Å². The molecule has 0 amide bonds. The van der Waals surface area contributed by atoms with Crippen molar-refractivity contribution in [3.05, 3.63) is 46.1 Å². The SMILES string of the molecule is Cc1ccc(Oc2cc(N)cc(Cl)n2)c(Cl)c1. The van der Waals surface area contributed by atoms with Gasteiger partial charge in [-0.05, 0) is 30.7 Å². The van der Waals surface area contributed by atoms with Crippen molar-refractivity contribution in [3.63, 3.8) is 0 Å². The minimum atomic E-state index is 0.281. The van der Waals surface area contributed by atoms with Crippen molar-refractivity contribution in [1.82, 2.24) is 4.98 Å². The smallest absolute Gasteiger partial charge is 0.222 e. The molecule has 0 saturated heterocycles. The van der Waals surface area contributed by atoms with Crippen molar-refractivity contribution in [1.29, 1.82) is 0 Å². The van der Waals surface area contributed by atoms with Crippen molar-refractivity contribution < 1.29 is 4.74 Å². The maximum atomic E-state index is 6.04. The topological polar surface area (TPSA) is 48.1 Å². The number of nitrogens with two attached hydrogens (primary N) is 1. The fraction of sp³-hybridized carbons (Fsp3) is 0.0833. The highest BCUT2D eigenvalue weighted by Gasteiger charge is 2.06. The highest BCUT2D eigenvalue weighted by Crippen LogP contribution is 2.30. The van der Waals surface area contributed by atoms with Gasteiger partial charge in [0.05, 0.1) is 5.02 Å². The lowest BCUT2D eigenvalue weighted by atomic mass is 10.2. The highest BCUT2D eigenvalue weighted by molar-refractivity contribution is 6.32. The van der Waals surface area contributed by atoms with Crippen LogP contribution >= 0.6 is 23.2 Å². The van der Waals surface area contributed by atoms with Crippen LogP contribution in [0.5, 0.6) is 11.6 Å². The first-order valence-electron chi connectivity index (χ1n) is 4.91. The van der Waals surface area contributed by atoms with Gasteiger partial charge in [0.25, 0.3) is 0 Å². The van der Waals surface area contributed by atoms with Gasteiger partial charge >= 0.3 is 0 Å². The van der Waals surface area contributed by atoms with Gasteiger partial charge in [0, 0.05) is 11.8 Å². The Bertz CT molecular complexity index is 538. The van der Waals surface area contributed by atoms with E-state index in [1.165, 1.54) is 0 Å². The fourth-order valence-corrected chi connectivity index (χ4v) is 1.83. The first kappa shape index (κ1) is 12.0. The van der Waals surface area contributed by atoms with Crippen LogP contribution in [0.2, 0.25) is 10.2 Å². The Morgan fingerprint density at radius 3 is 2.59 bits per heavy atom. The van der Waals surface area contributed by atoms with Crippen LogP contribution in [-0.4, -0.2) is 4.98 Å².